The van der Waals surface area contributed by atoms with Crippen LogP contribution >= 0.6 is 0 Å². The maximum Gasteiger partial charge on any atom is 0.0651 e. The molecule has 2 N–H and O–H groups in total. The fourth-order valence-corrected chi connectivity index (χ4v) is 5.03. The van der Waals surface area contributed by atoms with Crippen LogP contribution in [0.1, 0.15) is 71.1 Å². The fourth-order valence-electron chi connectivity index (χ4n) is 5.03. The van der Waals surface area contributed by atoms with Crippen molar-refractivity contribution in [1.29, 1.82) is 0 Å². The van der Waals surface area contributed by atoms with Gasteiger partial charge in [0.15, 0.2) is 0 Å². The maximum absolute atomic E-state index is 10.9. The summed E-state index contributed by atoms with van der Waals surface area (Å²) in [6, 6.07) is 0.667. The van der Waals surface area contributed by atoms with E-state index in [1.807, 2.05) is 0 Å². The third kappa shape index (κ3) is 3.16. The lowest BCUT2D eigenvalue weighted by Crippen LogP contribution is -2.43. The van der Waals surface area contributed by atoms with Gasteiger partial charge >= 0.3 is 0 Å². The Hall–Kier alpha value is -0.0800. The first-order chi connectivity index (χ1) is 9.18. The molecule has 2 nitrogen and oxygen atoms in total. The normalized spacial score (nSPS) is 45.8. The lowest BCUT2D eigenvalue weighted by molar-refractivity contribution is -0.0302. The van der Waals surface area contributed by atoms with Crippen molar-refractivity contribution in [2.24, 2.45) is 17.8 Å². The van der Waals surface area contributed by atoms with Crippen LogP contribution in [-0.4, -0.2) is 23.3 Å². The molecule has 3 aliphatic rings. The Balaban J connectivity index is 1.46. The summed E-state index contributed by atoms with van der Waals surface area (Å²) in [6.45, 7) is 3.36. The highest BCUT2D eigenvalue weighted by molar-refractivity contribution is 4.96. The van der Waals surface area contributed by atoms with Crippen molar-refractivity contribution >= 4 is 0 Å². The van der Waals surface area contributed by atoms with Crippen molar-refractivity contribution in [1.82, 2.24) is 5.32 Å². The molecule has 0 amide bonds. The second-order valence-electron chi connectivity index (χ2n) is 7.59. The highest BCUT2D eigenvalue weighted by atomic mass is 16.3. The summed E-state index contributed by atoms with van der Waals surface area (Å²) >= 11 is 0. The highest BCUT2D eigenvalue weighted by Gasteiger charge is 2.44. The molecule has 0 spiro atoms. The first kappa shape index (κ1) is 13.9. The molecule has 19 heavy (non-hydrogen) atoms. The van der Waals surface area contributed by atoms with E-state index < -0.39 is 0 Å². The monoisotopic (exact) mass is 265 g/mol. The molecule has 3 unspecified atom stereocenters. The average molecular weight is 265 g/mol. The van der Waals surface area contributed by atoms with Crippen molar-refractivity contribution in [3.05, 3.63) is 0 Å². The summed E-state index contributed by atoms with van der Waals surface area (Å²) in [5.74, 6) is 2.83. The fraction of sp³-hybridized carbons (Fsp3) is 1.00. The zero-order valence-corrected chi connectivity index (χ0v) is 12.5. The number of hydrogen-bond donors (Lipinski definition) is 2. The standard InChI is InChI=1S/C17H31NO/c1-2-9-18-16-5-7-17(19,8-6-16)12-15-11-13-3-4-14(15)10-13/h13-16,18-19H,2-12H2,1H3. The van der Waals surface area contributed by atoms with E-state index in [9.17, 15) is 5.11 Å². The van der Waals surface area contributed by atoms with Crippen LogP contribution in [0.25, 0.3) is 0 Å². The van der Waals surface area contributed by atoms with E-state index in [2.05, 4.69) is 12.2 Å². The SMILES string of the molecule is CCCNC1CCC(O)(CC2CC3CCC2C3)CC1. The molecule has 0 radical (unpaired) electrons. The first-order valence-corrected chi connectivity index (χ1v) is 8.64. The molecule has 0 aromatic heterocycles. The van der Waals surface area contributed by atoms with E-state index in [4.69, 9.17) is 0 Å². The Morgan fingerprint density at radius 2 is 1.89 bits per heavy atom. The lowest BCUT2D eigenvalue weighted by atomic mass is 9.73. The smallest absolute Gasteiger partial charge is 0.0651 e. The van der Waals surface area contributed by atoms with Gasteiger partial charge in [-0.3, -0.25) is 0 Å². The second kappa shape index (κ2) is 5.73. The molecule has 3 atom stereocenters. The van der Waals surface area contributed by atoms with Crippen LogP contribution in [-0.2, 0) is 0 Å². The molecule has 0 aromatic rings. The van der Waals surface area contributed by atoms with Crippen molar-refractivity contribution < 1.29 is 5.11 Å². The Morgan fingerprint density at radius 1 is 1.11 bits per heavy atom. The molecule has 3 fully saturated rings. The summed E-state index contributed by atoms with van der Waals surface area (Å²) < 4.78 is 0. The zero-order valence-electron chi connectivity index (χ0n) is 12.5. The second-order valence-corrected chi connectivity index (χ2v) is 7.59. The number of nitrogens with one attached hydrogen (secondary N) is 1. The van der Waals surface area contributed by atoms with Gasteiger partial charge in [0, 0.05) is 6.04 Å². The van der Waals surface area contributed by atoms with Crippen LogP contribution in [0.5, 0.6) is 0 Å². The number of fused-ring (bicyclic) bond motifs is 2. The van der Waals surface area contributed by atoms with Crippen LogP contribution in [0.4, 0.5) is 0 Å². The number of aliphatic hydroxyl groups is 1. The van der Waals surface area contributed by atoms with E-state index >= 15 is 0 Å². The number of rotatable bonds is 5. The third-order valence-corrected chi connectivity index (χ3v) is 6.13. The molecule has 0 aromatic carbocycles. The molecule has 110 valence electrons. The topological polar surface area (TPSA) is 32.3 Å². The zero-order chi connectivity index (χ0) is 13.3. The van der Waals surface area contributed by atoms with Gasteiger partial charge in [-0.1, -0.05) is 13.3 Å². The first-order valence-electron chi connectivity index (χ1n) is 8.64. The maximum atomic E-state index is 10.9. The van der Waals surface area contributed by atoms with Crippen LogP contribution in [0, 0.1) is 17.8 Å². The quantitative estimate of drug-likeness (QED) is 0.797. The minimum atomic E-state index is -0.320. The van der Waals surface area contributed by atoms with Gasteiger partial charge in [0.25, 0.3) is 0 Å². The minimum absolute atomic E-state index is 0.320. The van der Waals surface area contributed by atoms with Crippen LogP contribution in [0.2, 0.25) is 0 Å². The van der Waals surface area contributed by atoms with Gasteiger partial charge in [0.1, 0.15) is 0 Å². The molecule has 2 bridgehead atoms. The van der Waals surface area contributed by atoms with Gasteiger partial charge in [-0.25, -0.2) is 0 Å². The predicted octanol–water partition coefficient (Wildman–Crippen LogP) is 3.49. The van der Waals surface area contributed by atoms with E-state index in [1.54, 1.807) is 0 Å². The molecular formula is C17H31NO. The van der Waals surface area contributed by atoms with Gasteiger partial charge < -0.3 is 10.4 Å². The van der Waals surface area contributed by atoms with Gasteiger partial charge in [-0.05, 0) is 82.1 Å². The summed E-state index contributed by atoms with van der Waals surface area (Å²) in [7, 11) is 0. The van der Waals surface area contributed by atoms with Gasteiger partial charge in [-0.2, -0.15) is 0 Å². The van der Waals surface area contributed by atoms with E-state index in [0.29, 0.717) is 6.04 Å². The van der Waals surface area contributed by atoms with Crippen molar-refractivity contribution in [3.8, 4) is 0 Å². The van der Waals surface area contributed by atoms with Crippen molar-refractivity contribution in [2.75, 3.05) is 6.54 Å². The lowest BCUT2D eigenvalue weighted by Gasteiger charge is -2.39. The average Bonchev–Trinajstić information content (AvgIpc) is 3.00. The van der Waals surface area contributed by atoms with E-state index in [1.165, 1.54) is 44.9 Å². The van der Waals surface area contributed by atoms with Crippen LogP contribution in [0.3, 0.4) is 0 Å². The highest BCUT2D eigenvalue weighted by Crippen LogP contribution is 2.52. The molecule has 0 aliphatic heterocycles. The molecule has 3 saturated carbocycles. The predicted molar refractivity (Wildman–Crippen MR) is 79.1 cm³/mol. The number of hydrogen-bond acceptors (Lipinski definition) is 2. The van der Waals surface area contributed by atoms with Crippen LogP contribution in [0.15, 0.2) is 0 Å². The minimum Gasteiger partial charge on any atom is -0.390 e. The van der Waals surface area contributed by atoms with E-state index in [0.717, 1.165) is 43.6 Å². The molecule has 2 heteroatoms. The van der Waals surface area contributed by atoms with Gasteiger partial charge in [-0.15, -0.1) is 0 Å². The molecule has 3 rings (SSSR count). The van der Waals surface area contributed by atoms with Crippen LogP contribution < -0.4 is 5.32 Å². The largest absolute Gasteiger partial charge is 0.390 e. The van der Waals surface area contributed by atoms with Gasteiger partial charge in [0.2, 0.25) is 0 Å². The third-order valence-electron chi connectivity index (χ3n) is 6.13. The van der Waals surface area contributed by atoms with Gasteiger partial charge in [0.05, 0.1) is 5.60 Å². The molecular weight excluding hydrogens is 234 g/mol. The summed E-state index contributed by atoms with van der Waals surface area (Å²) in [6.07, 6.45) is 12.6. The van der Waals surface area contributed by atoms with Crippen molar-refractivity contribution in [2.45, 2.75) is 82.8 Å². The Labute approximate surface area is 118 Å². The molecule has 3 aliphatic carbocycles. The molecule has 0 saturated heterocycles. The van der Waals surface area contributed by atoms with E-state index in [-0.39, 0.29) is 5.60 Å². The Kier molecular flexibility index (Phi) is 4.19. The summed E-state index contributed by atoms with van der Waals surface area (Å²) in [4.78, 5) is 0. The molecule has 0 heterocycles. The Bertz CT molecular complexity index is 296. The van der Waals surface area contributed by atoms with Crippen molar-refractivity contribution in [3.63, 3.8) is 0 Å². The Morgan fingerprint density at radius 3 is 2.47 bits per heavy atom. The summed E-state index contributed by atoms with van der Waals surface area (Å²) in [5.41, 5.74) is -0.320. The summed E-state index contributed by atoms with van der Waals surface area (Å²) in [5, 5.41) is 14.5.